The summed E-state index contributed by atoms with van der Waals surface area (Å²) < 4.78 is 0.992. The van der Waals surface area contributed by atoms with E-state index in [1.165, 1.54) is 0 Å². The SMILES string of the molecule is NC(=O)c1ccc(CSc2ccc(N)cc2Br)cc1. The van der Waals surface area contributed by atoms with Gasteiger partial charge in [-0.25, -0.2) is 0 Å². The monoisotopic (exact) mass is 336 g/mol. The number of benzene rings is 2. The Bertz CT molecular complexity index is 599. The molecule has 98 valence electrons. The molecular weight excluding hydrogens is 324 g/mol. The van der Waals surface area contributed by atoms with Gasteiger partial charge in [0.15, 0.2) is 0 Å². The second kappa shape index (κ2) is 6.12. The average Bonchev–Trinajstić information content (AvgIpc) is 2.38. The fraction of sp³-hybridized carbons (Fsp3) is 0.0714. The Balaban J connectivity index is 2.04. The summed E-state index contributed by atoms with van der Waals surface area (Å²) in [5.41, 5.74) is 13.3. The Hall–Kier alpha value is -1.46. The van der Waals surface area contributed by atoms with Crippen LogP contribution in [0.25, 0.3) is 0 Å². The van der Waals surface area contributed by atoms with Gasteiger partial charge in [-0.1, -0.05) is 12.1 Å². The van der Waals surface area contributed by atoms with Crippen LogP contribution < -0.4 is 11.5 Å². The number of hydrogen-bond donors (Lipinski definition) is 2. The molecule has 0 spiro atoms. The minimum atomic E-state index is -0.402. The number of nitrogens with two attached hydrogens (primary N) is 2. The molecule has 1 amide bonds. The van der Waals surface area contributed by atoms with Crippen molar-refractivity contribution in [2.75, 3.05) is 5.73 Å². The topological polar surface area (TPSA) is 69.1 Å². The average molecular weight is 337 g/mol. The molecule has 3 nitrogen and oxygen atoms in total. The summed E-state index contributed by atoms with van der Waals surface area (Å²) in [6.45, 7) is 0. The zero-order valence-corrected chi connectivity index (χ0v) is 12.5. The van der Waals surface area contributed by atoms with Crippen LogP contribution in [-0.2, 0) is 5.75 Å². The molecule has 0 aliphatic heterocycles. The van der Waals surface area contributed by atoms with Crippen molar-refractivity contribution < 1.29 is 4.79 Å². The first kappa shape index (κ1) is 14.0. The number of carbonyl (C=O) groups excluding carboxylic acids is 1. The highest BCUT2D eigenvalue weighted by Crippen LogP contribution is 2.31. The van der Waals surface area contributed by atoms with E-state index in [4.69, 9.17) is 11.5 Å². The lowest BCUT2D eigenvalue weighted by Gasteiger charge is -2.06. The van der Waals surface area contributed by atoms with Gasteiger partial charge in [0.1, 0.15) is 0 Å². The van der Waals surface area contributed by atoms with E-state index in [2.05, 4.69) is 15.9 Å². The maximum Gasteiger partial charge on any atom is 0.248 e. The molecule has 0 aliphatic carbocycles. The van der Waals surface area contributed by atoms with Gasteiger partial charge in [-0.3, -0.25) is 4.79 Å². The van der Waals surface area contributed by atoms with Gasteiger partial charge < -0.3 is 11.5 Å². The van der Waals surface area contributed by atoms with Gasteiger partial charge in [-0.2, -0.15) is 0 Å². The first-order valence-electron chi connectivity index (χ1n) is 5.63. The molecule has 0 atom stereocenters. The van der Waals surface area contributed by atoms with E-state index < -0.39 is 5.91 Å². The van der Waals surface area contributed by atoms with Crippen molar-refractivity contribution in [3.8, 4) is 0 Å². The predicted octanol–water partition coefficient (Wildman–Crippen LogP) is 3.42. The molecule has 2 rings (SSSR count). The number of anilines is 1. The van der Waals surface area contributed by atoms with Crippen molar-refractivity contribution in [1.82, 2.24) is 0 Å². The molecule has 5 heteroatoms. The zero-order valence-electron chi connectivity index (χ0n) is 10.1. The molecule has 0 saturated carbocycles. The van der Waals surface area contributed by atoms with Crippen LogP contribution in [0.15, 0.2) is 51.8 Å². The third-order valence-electron chi connectivity index (χ3n) is 2.59. The Labute approximate surface area is 124 Å². The predicted molar refractivity (Wildman–Crippen MR) is 83.1 cm³/mol. The van der Waals surface area contributed by atoms with Crippen LogP contribution in [0.3, 0.4) is 0 Å². The number of carbonyl (C=O) groups is 1. The molecule has 2 aromatic carbocycles. The summed E-state index contributed by atoms with van der Waals surface area (Å²) in [5, 5.41) is 0. The molecule has 0 aliphatic rings. The first-order chi connectivity index (χ1) is 9.06. The molecule has 0 radical (unpaired) electrons. The van der Waals surface area contributed by atoms with Crippen molar-refractivity contribution in [3.63, 3.8) is 0 Å². The van der Waals surface area contributed by atoms with Gasteiger partial charge in [0.05, 0.1) is 0 Å². The maximum absolute atomic E-state index is 11.0. The third-order valence-corrected chi connectivity index (χ3v) is 4.65. The lowest BCUT2D eigenvalue weighted by atomic mass is 10.1. The molecule has 0 saturated heterocycles. The smallest absolute Gasteiger partial charge is 0.248 e. The highest BCUT2D eigenvalue weighted by molar-refractivity contribution is 9.10. The number of rotatable bonds is 4. The van der Waals surface area contributed by atoms with E-state index in [-0.39, 0.29) is 0 Å². The van der Waals surface area contributed by atoms with Crippen molar-refractivity contribution in [2.45, 2.75) is 10.6 Å². The summed E-state index contributed by atoms with van der Waals surface area (Å²) in [4.78, 5) is 12.1. The Kier molecular flexibility index (Phi) is 4.50. The largest absolute Gasteiger partial charge is 0.399 e. The minimum absolute atomic E-state index is 0.402. The second-order valence-electron chi connectivity index (χ2n) is 4.04. The molecule has 0 bridgehead atoms. The van der Waals surface area contributed by atoms with Gasteiger partial charge >= 0.3 is 0 Å². The van der Waals surface area contributed by atoms with E-state index in [9.17, 15) is 4.79 Å². The van der Waals surface area contributed by atoms with E-state index in [0.29, 0.717) is 5.56 Å². The van der Waals surface area contributed by atoms with Crippen LogP contribution >= 0.6 is 27.7 Å². The lowest BCUT2D eigenvalue weighted by Crippen LogP contribution is -2.10. The lowest BCUT2D eigenvalue weighted by molar-refractivity contribution is 0.100. The molecule has 0 aromatic heterocycles. The summed E-state index contributed by atoms with van der Waals surface area (Å²) in [6, 6.07) is 13.1. The van der Waals surface area contributed by atoms with Crippen molar-refractivity contribution in [2.24, 2.45) is 5.73 Å². The molecule has 2 aromatic rings. The standard InChI is InChI=1S/C14H13BrN2OS/c15-12-7-11(16)5-6-13(12)19-8-9-1-3-10(4-2-9)14(17)18/h1-7H,8,16H2,(H2,17,18). The molecule has 4 N–H and O–H groups in total. The zero-order chi connectivity index (χ0) is 13.8. The van der Waals surface area contributed by atoms with Crippen LogP contribution in [0.4, 0.5) is 5.69 Å². The van der Waals surface area contributed by atoms with Crippen LogP contribution in [0.1, 0.15) is 15.9 Å². The second-order valence-corrected chi connectivity index (χ2v) is 5.91. The van der Waals surface area contributed by atoms with E-state index in [1.54, 1.807) is 23.9 Å². The van der Waals surface area contributed by atoms with E-state index in [1.807, 2.05) is 30.3 Å². The van der Waals surface area contributed by atoms with Gasteiger partial charge in [-0.05, 0) is 51.8 Å². The molecule has 0 fully saturated rings. The van der Waals surface area contributed by atoms with Gasteiger partial charge in [0.2, 0.25) is 5.91 Å². The number of nitrogen functional groups attached to an aromatic ring is 1. The van der Waals surface area contributed by atoms with Crippen LogP contribution in [0.2, 0.25) is 0 Å². The molecular formula is C14H13BrN2OS. The molecule has 0 unspecified atom stereocenters. The van der Waals surface area contributed by atoms with Crippen molar-refractivity contribution in [1.29, 1.82) is 0 Å². The van der Waals surface area contributed by atoms with Gasteiger partial charge in [0.25, 0.3) is 0 Å². The van der Waals surface area contributed by atoms with Gasteiger partial charge in [-0.15, -0.1) is 11.8 Å². The molecule has 0 heterocycles. The quantitative estimate of drug-likeness (QED) is 0.663. The van der Waals surface area contributed by atoms with E-state index >= 15 is 0 Å². The van der Waals surface area contributed by atoms with Crippen LogP contribution in [-0.4, -0.2) is 5.91 Å². The summed E-state index contributed by atoms with van der Waals surface area (Å²) in [6.07, 6.45) is 0. The Morgan fingerprint density at radius 2 is 1.84 bits per heavy atom. The van der Waals surface area contributed by atoms with E-state index in [0.717, 1.165) is 26.4 Å². The molecule has 19 heavy (non-hydrogen) atoms. The maximum atomic E-state index is 11.0. The fourth-order valence-electron chi connectivity index (χ4n) is 1.56. The minimum Gasteiger partial charge on any atom is -0.399 e. The van der Waals surface area contributed by atoms with Crippen molar-refractivity contribution >= 4 is 39.3 Å². The highest BCUT2D eigenvalue weighted by atomic mass is 79.9. The number of thioether (sulfide) groups is 1. The van der Waals surface area contributed by atoms with Crippen LogP contribution in [0, 0.1) is 0 Å². The normalized spacial score (nSPS) is 10.4. The number of halogens is 1. The first-order valence-corrected chi connectivity index (χ1v) is 7.40. The Morgan fingerprint density at radius 1 is 1.16 bits per heavy atom. The summed E-state index contributed by atoms with van der Waals surface area (Å²) >= 11 is 5.19. The van der Waals surface area contributed by atoms with Gasteiger partial charge in [0, 0.05) is 26.4 Å². The summed E-state index contributed by atoms with van der Waals surface area (Å²) in [5.74, 6) is 0.419. The number of primary amides is 1. The highest BCUT2D eigenvalue weighted by Gasteiger charge is 2.03. The Morgan fingerprint density at radius 3 is 2.42 bits per heavy atom. The number of hydrogen-bond acceptors (Lipinski definition) is 3. The van der Waals surface area contributed by atoms with Crippen LogP contribution in [0.5, 0.6) is 0 Å². The number of amides is 1. The fourth-order valence-corrected chi connectivity index (χ4v) is 3.18. The van der Waals surface area contributed by atoms with Crippen molar-refractivity contribution in [3.05, 3.63) is 58.1 Å². The summed E-state index contributed by atoms with van der Waals surface area (Å²) in [7, 11) is 0. The third kappa shape index (κ3) is 3.75.